The molecule has 0 aliphatic rings. The molecule has 1 rings (SSSR count). The van der Waals surface area contributed by atoms with Crippen molar-refractivity contribution >= 4 is 11.7 Å². The zero-order valence-corrected chi connectivity index (χ0v) is 14.3. The SMILES string of the molecule is CCC(O)CC(CC(C)OCCc1ccccc1N)OC(C)=O. The molecule has 5 heteroatoms. The lowest BCUT2D eigenvalue weighted by molar-refractivity contribution is -0.149. The van der Waals surface area contributed by atoms with Crippen molar-refractivity contribution in [3.8, 4) is 0 Å². The minimum absolute atomic E-state index is 0.0617. The van der Waals surface area contributed by atoms with Crippen molar-refractivity contribution in [1.29, 1.82) is 0 Å². The predicted octanol–water partition coefficient (Wildman–Crippen LogP) is 2.70. The van der Waals surface area contributed by atoms with E-state index in [1.54, 1.807) is 0 Å². The Bertz CT molecular complexity index is 478. The normalized spacial score (nSPS) is 15.0. The number of esters is 1. The fourth-order valence-electron chi connectivity index (χ4n) is 2.47. The highest BCUT2D eigenvalue weighted by atomic mass is 16.5. The molecular formula is C18H29NO4. The highest BCUT2D eigenvalue weighted by molar-refractivity contribution is 5.66. The third-order valence-corrected chi connectivity index (χ3v) is 3.76. The largest absolute Gasteiger partial charge is 0.462 e. The Kier molecular flexibility index (Phi) is 8.66. The minimum Gasteiger partial charge on any atom is -0.462 e. The number of benzene rings is 1. The van der Waals surface area contributed by atoms with Gasteiger partial charge < -0.3 is 20.3 Å². The van der Waals surface area contributed by atoms with Crippen molar-refractivity contribution in [2.45, 2.75) is 64.8 Å². The van der Waals surface area contributed by atoms with Crippen LogP contribution in [-0.2, 0) is 20.7 Å². The van der Waals surface area contributed by atoms with E-state index in [4.69, 9.17) is 15.2 Å². The number of carbonyl (C=O) groups is 1. The maximum Gasteiger partial charge on any atom is 0.302 e. The van der Waals surface area contributed by atoms with Crippen LogP contribution in [0.4, 0.5) is 5.69 Å². The molecule has 0 amide bonds. The lowest BCUT2D eigenvalue weighted by Crippen LogP contribution is -2.27. The number of nitrogen functional groups attached to an aromatic ring is 1. The molecule has 5 nitrogen and oxygen atoms in total. The van der Waals surface area contributed by atoms with E-state index >= 15 is 0 Å². The Morgan fingerprint density at radius 2 is 2.00 bits per heavy atom. The molecule has 23 heavy (non-hydrogen) atoms. The molecule has 0 radical (unpaired) electrons. The molecule has 3 atom stereocenters. The Morgan fingerprint density at radius 3 is 2.61 bits per heavy atom. The van der Waals surface area contributed by atoms with Gasteiger partial charge in [0.15, 0.2) is 0 Å². The summed E-state index contributed by atoms with van der Waals surface area (Å²) in [7, 11) is 0. The van der Waals surface area contributed by atoms with Crippen LogP contribution in [0, 0.1) is 0 Å². The Labute approximate surface area is 138 Å². The molecule has 0 aliphatic heterocycles. The second kappa shape index (κ2) is 10.2. The van der Waals surface area contributed by atoms with Crippen molar-refractivity contribution in [2.75, 3.05) is 12.3 Å². The van der Waals surface area contributed by atoms with E-state index in [2.05, 4.69) is 0 Å². The van der Waals surface area contributed by atoms with Crippen LogP contribution in [0.3, 0.4) is 0 Å². The van der Waals surface area contributed by atoms with Gasteiger partial charge in [0.1, 0.15) is 6.10 Å². The van der Waals surface area contributed by atoms with E-state index in [9.17, 15) is 9.90 Å². The summed E-state index contributed by atoms with van der Waals surface area (Å²) in [5.41, 5.74) is 7.74. The van der Waals surface area contributed by atoms with Gasteiger partial charge in [-0.3, -0.25) is 4.79 Å². The number of hydrogen-bond donors (Lipinski definition) is 2. The van der Waals surface area contributed by atoms with Gasteiger partial charge >= 0.3 is 5.97 Å². The zero-order valence-electron chi connectivity index (χ0n) is 14.3. The van der Waals surface area contributed by atoms with Crippen molar-refractivity contribution in [2.24, 2.45) is 0 Å². The monoisotopic (exact) mass is 323 g/mol. The van der Waals surface area contributed by atoms with Gasteiger partial charge in [-0.05, 0) is 31.4 Å². The first kappa shape index (κ1) is 19.5. The lowest BCUT2D eigenvalue weighted by atomic mass is 10.0. The topological polar surface area (TPSA) is 81.8 Å². The van der Waals surface area contributed by atoms with E-state index in [-0.39, 0.29) is 18.2 Å². The number of carbonyl (C=O) groups excluding carboxylic acids is 1. The Hall–Kier alpha value is -1.59. The van der Waals surface area contributed by atoms with Crippen LogP contribution in [0.25, 0.3) is 0 Å². The standard InChI is InChI=1S/C18H29NO4/c1-4-16(21)12-17(23-14(3)20)11-13(2)22-10-9-15-7-5-6-8-18(15)19/h5-8,13,16-17,21H,4,9-12,19H2,1-3H3. The Balaban J connectivity index is 2.40. The fourth-order valence-corrected chi connectivity index (χ4v) is 2.47. The summed E-state index contributed by atoms with van der Waals surface area (Å²) in [5.74, 6) is -0.331. The second-order valence-electron chi connectivity index (χ2n) is 5.90. The van der Waals surface area contributed by atoms with Crippen LogP contribution in [-0.4, -0.2) is 36.0 Å². The van der Waals surface area contributed by atoms with Crippen LogP contribution in [0.5, 0.6) is 0 Å². The number of hydrogen-bond acceptors (Lipinski definition) is 5. The molecule has 0 heterocycles. The third kappa shape index (κ3) is 8.00. The maximum atomic E-state index is 11.2. The molecule has 1 aromatic carbocycles. The zero-order chi connectivity index (χ0) is 17.2. The average Bonchev–Trinajstić information content (AvgIpc) is 2.48. The molecule has 3 unspecified atom stereocenters. The fraction of sp³-hybridized carbons (Fsp3) is 0.611. The first-order valence-electron chi connectivity index (χ1n) is 8.22. The summed E-state index contributed by atoms with van der Waals surface area (Å²) in [6.45, 7) is 5.79. The van der Waals surface area contributed by atoms with Crippen LogP contribution in [0.15, 0.2) is 24.3 Å². The van der Waals surface area contributed by atoms with Gasteiger partial charge in [-0.1, -0.05) is 25.1 Å². The van der Waals surface area contributed by atoms with Gasteiger partial charge in [0.25, 0.3) is 0 Å². The predicted molar refractivity (Wildman–Crippen MR) is 91.1 cm³/mol. The molecule has 1 aromatic rings. The summed E-state index contributed by atoms with van der Waals surface area (Å²) in [5, 5.41) is 9.76. The molecule has 0 fully saturated rings. The van der Waals surface area contributed by atoms with Crippen molar-refractivity contribution < 1.29 is 19.4 Å². The lowest BCUT2D eigenvalue weighted by Gasteiger charge is -2.23. The van der Waals surface area contributed by atoms with E-state index in [0.717, 1.165) is 17.7 Å². The molecule has 0 saturated heterocycles. The molecule has 0 aromatic heterocycles. The van der Waals surface area contributed by atoms with Gasteiger partial charge in [-0.2, -0.15) is 0 Å². The quantitative estimate of drug-likeness (QED) is 0.511. The molecule has 0 spiro atoms. The second-order valence-corrected chi connectivity index (χ2v) is 5.90. The van der Waals surface area contributed by atoms with Gasteiger partial charge in [-0.25, -0.2) is 0 Å². The van der Waals surface area contributed by atoms with Crippen LogP contribution >= 0.6 is 0 Å². The molecule has 0 bridgehead atoms. The molecule has 0 saturated carbocycles. The maximum absolute atomic E-state index is 11.2. The third-order valence-electron chi connectivity index (χ3n) is 3.76. The van der Waals surface area contributed by atoms with Crippen LogP contribution in [0.2, 0.25) is 0 Å². The number of rotatable bonds is 10. The summed E-state index contributed by atoms with van der Waals surface area (Å²) in [4.78, 5) is 11.2. The van der Waals surface area contributed by atoms with Crippen molar-refractivity contribution in [3.63, 3.8) is 0 Å². The average molecular weight is 323 g/mol. The highest BCUT2D eigenvalue weighted by Gasteiger charge is 2.19. The minimum atomic E-state index is -0.462. The van der Waals surface area contributed by atoms with E-state index < -0.39 is 6.10 Å². The number of nitrogens with two attached hydrogens (primary N) is 1. The van der Waals surface area contributed by atoms with Crippen LogP contribution < -0.4 is 5.73 Å². The number of ether oxygens (including phenoxy) is 2. The van der Waals surface area contributed by atoms with Gasteiger partial charge in [-0.15, -0.1) is 0 Å². The van der Waals surface area contributed by atoms with Gasteiger partial charge in [0.2, 0.25) is 0 Å². The first-order chi connectivity index (χ1) is 10.9. The van der Waals surface area contributed by atoms with Gasteiger partial charge in [0.05, 0.1) is 18.8 Å². The molecule has 3 N–H and O–H groups in total. The summed E-state index contributed by atoms with van der Waals surface area (Å²) in [6.07, 6.45) is 1.55. The van der Waals surface area contributed by atoms with Crippen LogP contribution in [0.1, 0.15) is 45.6 Å². The van der Waals surface area contributed by atoms with E-state index in [1.165, 1.54) is 6.92 Å². The van der Waals surface area contributed by atoms with Crippen molar-refractivity contribution in [3.05, 3.63) is 29.8 Å². The summed E-state index contributed by atoms with van der Waals surface area (Å²) in [6, 6.07) is 7.73. The van der Waals surface area contributed by atoms with Gasteiger partial charge in [0, 0.05) is 25.5 Å². The number of aliphatic hydroxyl groups excluding tert-OH is 1. The first-order valence-corrected chi connectivity index (χ1v) is 8.22. The van der Waals surface area contributed by atoms with E-state index in [0.29, 0.717) is 25.9 Å². The smallest absolute Gasteiger partial charge is 0.302 e. The molecular weight excluding hydrogens is 294 g/mol. The summed E-state index contributed by atoms with van der Waals surface area (Å²) >= 11 is 0. The summed E-state index contributed by atoms with van der Waals surface area (Å²) < 4.78 is 11.1. The number of para-hydroxylation sites is 1. The molecule has 130 valence electrons. The number of aliphatic hydroxyl groups is 1. The Morgan fingerprint density at radius 1 is 1.30 bits per heavy atom. The van der Waals surface area contributed by atoms with E-state index in [1.807, 2.05) is 38.1 Å². The van der Waals surface area contributed by atoms with Crippen molar-refractivity contribution in [1.82, 2.24) is 0 Å². The highest BCUT2D eigenvalue weighted by Crippen LogP contribution is 2.16. The number of anilines is 1. The molecule has 0 aliphatic carbocycles.